The molecule has 0 aliphatic carbocycles. The molecule has 2 aromatic carbocycles. The minimum Gasteiger partial charge on any atom is -0.310 e. The Morgan fingerprint density at radius 3 is 2.53 bits per heavy atom. The number of carbonyl (C=O) groups excluding carboxylic acids is 1. The highest BCUT2D eigenvalue weighted by Gasteiger charge is 2.21. The lowest BCUT2D eigenvalue weighted by Gasteiger charge is -2.13. The fraction of sp³-hybridized carbons (Fsp3) is 0.130. The van der Waals surface area contributed by atoms with Crippen LogP contribution in [0.15, 0.2) is 66.1 Å². The summed E-state index contributed by atoms with van der Waals surface area (Å²) in [7, 11) is 0. The van der Waals surface area contributed by atoms with Crippen LogP contribution >= 0.6 is 11.8 Å². The van der Waals surface area contributed by atoms with E-state index in [4.69, 9.17) is 0 Å². The number of para-hydroxylation sites is 1. The SMILES string of the molecule is Cc1c(C#N)c(NC(=O)CSc2nncn2-c2ccccc2)n(-c2ccc(F)cc2)c1C. The number of rotatable bonds is 6. The fourth-order valence-corrected chi connectivity index (χ4v) is 4.09. The maximum atomic E-state index is 13.4. The Hall–Kier alpha value is -3.90. The molecule has 4 rings (SSSR count). The van der Waals surface area contributed by atoms with Gasteiger partial charge in [0.2, 0.25) is 5.91 Å². The second kappa shape index (κ2) is 9.08. The zero-order valence-corrected chi connectivity index (χ0v) is 18.2. The molecule has 2 heterocycles. The molecular formula is C23H19FN6OS. The van der Waals surface area contributed by atoms with Crippen LogP contribution < -0.4 is 5.32 Å². The standard InChI is InChI=1S/C23H19FN6OS/c1-15-16(2)30(19-10-8-17(24)9-11-19)22(20(15)12-25)27-21(31)13-32-23-28-26-14-29(23)18-6-4-3-5-7-18/h3-11,14H,13H2,1-2H3,(H,27,31). The normalized spacial score (nSPS) is 10.7. The second-order valence-corrected chi connectivity index (χ2v) is 7.96. The number of hydrogen-bond acceptors (Lipinski definition) is 5. The van der Waals surface area contributed by atoms with Crippen molar-refractivity contribution in [1.82, 2.24) is 19.3 Å². The molecule has 32 heavy (non-hydrogen) atoms. The first kappa shape index (κ1) is 21.3. The molecule has 2 aromatic heterocycles. The van der Waals surface area contributed by atoms with Crippen molar-refractivity contribution in [2.24, 2.45) is 0 Å². The highest BCUT2D eigenvalue weighted by atomic mass is 32.2. The maximum Gasteiger partial charge on any atom is 0.236 e. The summed E-state index contributed by atoms with van der Waals surface area (Å²) in [5.74, 6) is -0.220. The van der Waals surface area contributed by atoms with Crippen molar-refractivity contribution < 1.29 is 9.18 Å². The van der Waals surface area contributed by atoms with Gasteiger partial charge in [-0.05, 0) is 55.8 Å². The molecule has 0 spiro atoms. The lowest BCUT2D eigenvalue weighted by atomic mass is 10.2. The van der Waals surface area contributed by atoms with Crippen LogP contribution in [0.25, 0.3) is 11.4 Å². The summed E-state index contributed by atoms with van der Waals surface area (Å²) in [4.78, 5) is 12.8. The van der Waals surface area contributed by atoms with Crippen molar-refractivity contribution in [3.05, 3.63) is 83.6 Å². The van der Waals surface area contributed by atoms with Gasteiger partial charge in [0.1, 0.15) is 24.0 Å². The number of carbonyl (C=O) groups is 1. The van der Waals surface area contributed by atoms with E-state index in [1.165, 1.54) is 23.9 Å². The fourth-order valence-electron chi connectivity index (χ4n) is 3.36. The van der Waals surface area contributed by atoms with Gasteiger partial charge >= 0.3 is 0 Å². The summed E-state index contributed by atoms with van der Waals surface area (Å²) in [6.07, 6.45) is 1.59. The van der Waals surface area contributed by atoms with Crippen molar-refractivity contribution in [3.8, 4) is 17.4 Å². The van der Waals surface area contributed by atoms with Gasteiger partial charge in [-0.2, -0.15) is 5.26 Å². The summed E-state index contributed by atoms with van der Waals surface area (Å²) in [5, 5.41) is 21.2. The molecule has 0 fully saturated rings. The minimum atomic E-state index is -0.361. The Morgan fingerprint density at radius 2 is 1.84 bits per heavy atom. The number of halogens is 1. The average Bonchev–Trinajstić information content (AvgIpc) is 3.36. The highest BCUT2D eigenvalue weighted by molar-refractivity contribution is 7.99. The van der Waals surface area contributed by atoms with E-state index >= 15 is 0 Å². The lowest BCUT2D eigenvalue weighted by Crippen LogP contribution is -2.18. The second-order valence-electron chi connectivity index (χ2n) is 7.01. The average molecular weight is 447 g/mol. The van der Waals surface area contributed by atoms with Gasteiger partial charge in [0.25, 0.3) is 0 Å². The number of thioether (sulfide) groups is 1. The van der Waals surface area contributed by atoms with Crippen LogP contribution in [0.3, 0.4) is 0 Å². The molecule has 1 amide bonds. The molecule has 0 radical (unpaired) electrons. The molecule has 160 valence electrons. The van der Waals surface area contributed by atoms with Gasteiger partial charge in [-0.3, -0.25) is 13.9 Å². The van der Waals surface area contributed by atoms with E-state index in [0.29, 0.717) is 22.2 Å². The molecule has 9 heteroatoms. The first-order chi connectivity index (χ1) is 15.5. The van der Waals surface area contributed by atoms with Crippen molar-refractivity contribution in [2.75, 3.05) is 11.1 Å². The molecule has 0 aliphatic rings. The van der Waals surface area contributed by atoms with E-state index in [2.05, 4.69) is 21.6 Å². The molecule has 0 atom stereocenters. The molecule has 0 unspecified atom stereocenters. The van der Waals surface area contributed by atoms with E-state index in [-0.39, 0.29) is 17.5 Å². The molecule has 0 aliphatic heterocycles. The minimum absolute atomic E-state index is 0.0725. The van der Waals surface area contributed by atoms with E-state index in [1.807, 2.05) is 44.2 Å². The van der Waals surface area contributed by atoms with Crippen molar-refractivity contribution >= 4 is 23.5 Å². The number of nitrogens with one attached hydrogen (secondary N) is 1. The quantitative estimate of drug-likeness (QED) is 0.443. The number of benzene rings is 2. The Labute approximate surface area is 188 Å². The number of hydrogen-bond donors (Lipinski definition) is 1. The molecular weight excluding hydrogens is 427 g/mol. The smallest absolute Gasteiger partial charge is 0.236 e. The molecule has 0 bridgehead atoms. The zero-order valence-electron chi connectivity index (χ0n) is 17.4. The molecule has 1 N–H and O–H groups in total. The number of nitrogens with zero attached hydrogens (tertiary/aromatic N) is 5. The van der Waals surface area contributed by atoms with E-state index in [1.54, 1.807) is 27.6 Å². The van der Waals surface area contributed by atoms with E-state index in [0.717, 1.165) is 16.9 Å². The van der Waals surface area contributed by atoms with Gasteiger partial charge in [-0.25, -0.2) is 4.39 Å². The van der Waals surface area contributed by atoms with Crippen LogP contribution in [-0.4, -0.2) is 31.0 Å². The van der Waals surface area contributed by atoms with Crippen LogP contribution in [0.4, 0.5) is 10.2 Å². The largest absolute Gasteiger partial charge is 0.310 e. The summed E-state index contributed by atoms with van der Waals surface area (Å²) >= 11 is 1.24. The van der Waals surface area contributed by atoms with Crippen molar-refractivity contribution in [3.63, 3.8) is 0 Å². The van der Waals surface area contributed by atoms with Crippen molar-refractivity contribution in [2.45, 2.75) is 19.0 Å². The van der Waals surface area contributed by atoms with Gasteiger partial charge in [0.05, 0.1) is 11.3 Å². The predicted molar refractivity (Wildman–Crippen MR) is 121 cm³/mol. The summed E-state index contributed by atoms with van der Waals surface area (Å²) in [6.45, 7) is 3.67. The zero-order chi connectivity index (χ0) is 22.7. The predicted octanol–water partition coefficient (Wildman–Crippen LogP) is 4.42. The van der Waals surface area contributed by atoms with E-state index in [9.17, 15) is 14.4 Å². The Morgan fingerprint density at radius 1 is 1.12 bits per heavy atom. The number of anilines is 1. The molecule has 0 saturated heterocycles. The third kappa shape index (κ3) is 4.13. The van der Waals surface area contributed by atoms with Gasteiger partial charge in [-0.1, -0.05) is 30.0 Å². The van der Waals surface area contributed by atoms with Crippen LogP contribution in [0.5, 0.6) is 0 Å². The Kier molecular flexibility index (Phi) is 6.05. The maximum absolute atomic E-state index is 13.4. The van der Waals surface area contributed by atoms with Crippen molar-refractivity contribution in [1.29, 1.82) is 5.26 Å². The van der Waals surface area contributed by atoms with E-state index < -0.39 is 0 Å². The number of amides is 1. The Balaban J connectivity index is 1.57. The third-order valence-corrected chi connectivity index (χ3v) is 5.99. The van der Waals surface area contributed by atoms with Gasteiger partial charge in [-0.15, -0.1) is 10.2 Å². The molecule has 0 saturated carbocycles. The first-order valence-electron chi connectivity index (χ1n) is 9.75. The topological polar surface area (TPSA) is 88.5 Å². The van der Waals surface area contributed by atoms with Crippen LogP contribution in [0, 0.1) is 31.0 Å². The van der Waals surface area contributed by atoms with Crippen LogP contribution in [0.2, 0.25) is 0 Å². The van der Waals surface area contributed by atoms with Crippen LogP contribution in [-0.2, 0) is 4.79 Å². The highest BCUT2D eigenvalue weighted by Crippen LogP contribution is 2.30. The summed E-state index contributed by atoms with van der Waals surface area (Å²) < 4.78 is 17.0. The van der Waals surface area contributed by atoms with Gasteiger partial charge < -0.3 is 5.32 Å². The van der Waals surface area contributed by atoms with Gasteiger partial charge in [0, 0.05) is 17.1 Å². The number of aromatic nitrogens is 4. The summed E-state index contributed by atoms with van der Waals surface area (Å²) in [6, 6.07) is 17.7. The monoisotopic (exact) mass is 446 g/mol. The third-order valence-electron chi connectivity index (χ3n) is 5.05. The molecule has 4 aromatic rings. The number of nitriles is 1. The molecule has 7 nitrogen and oxygen atoms in total. The Bertz CT molecular complexity index is 1310. The van der Waals surface area contributed by atoms with Crippen LogP contribution in [0.1, 0.15) is 16.8 Å². The summed E-state index contributed by atoms with van der Waals surface area (Å²) in [5.41, 5.74) is 3.46. The van der Waals surface area contributed by atoms with Gasteiger partial charge in [0.15, 0.2) is 5.16 Å². The lowest BCUT2D eigenvalue weighted by molar-refractivity contribution is -0.113. The first-order valence-corrected chi connectivity index (χ1v) is 10.7.